The fraction of sp³-hybridized carbons (Fsp3) is 0.167. The van der Waals surface area contributed by atoms with Gasteiger partial charge in [-0.3, -0.25) is 0 Å². The Kier molecular flexibility index (Phi) is 5.83. The van der Waals surface area contributed by atoms with E-state index in [1.165, 1.54) is 25.3 Å². The van der Waals surface area contributed by atoms with Gasteiger partial charge in [-0.2, -0.15) is 4.98 Å². The quantitative estimate of drug-likeness (QED) is 0.558. The molecule has 0 radical (unpaired) electrons. The Hall–Kier alpha value is -2.77. The number of carbonyl (C=O) groups excluding carboxylic acids is 1. The second kappa shape index (κ2) is 8.28. The van der Waals surface area contributed by atoms with E-state index in [0.717, 1.165) is 0 Å². The van der Waals surface area contributed by atoms with Gasteiger partial charge in [0, 0.05) is 6.07 Å². The SMILES string of the molecule is COc1ccc(-c2noc(COC(=O)c3ccc(Cl)c(Cl)c3)n2)c(OC)c1. The molecule has 0 saturated carbocycles. The lowest BCUT2D eigenvalue weighted by atomic mass is 10.2. The van der Waals surface area contributed by atoms with Crippen LogP contribution in [0.15, 0.2) is 40.9 Å². The molecule has 0 aliphatic carbocycles. The van der Waals surface area contributed by atoms with Crippen molar-refractivity contribution in [2.24, 2.45) is 0 Å². The molecule has 1 heterocycles. The summed E-state index contributed by atoms with van der Waals surface area (Å²) in [7, 11) is 3.08. The summed E-state index contributed by atoms with van der Waals surface area (Å²) in [6.45, 7) is -0.190. The van der Waals surface area contributed by atoms with Crippen molar-refractivity contribution in [2.75, 3.05) is 14.2 Å². The van der Waals surface area contributed by atoms with Gasteiger partial charge in [-0.15, -0.1) is 0 Å². The van der Waals surface area contributed by atoms with Gasteiger partial charge in [0.05, 0.1) is 35.4 Å². The van der Waals surface area contributed by atoms with Crippen molar-refractivity contribution in [2.45, 2.75) is 6.61 Å². The van der Waals surface area contributed by atoms with Crippen LogP contribution in [0, 0.1) is 0 Å². The van der Waals surface area contributed by atoms with Crippen molar-refractivity contribution in [3.05, 3.63) is 57.9 Å². The zero-order chi connectivity index (χ0) is 19.4. The molecule has 0 aliphatic rings. The van der Waals surface area contributed by atoms with Crippen molar-refractivity contribution >= 4 is 29.2 Å². The molecule has 140 valence electrons. The minimum Gasteiger partial charge on any atom is -0.497 e. The summed E-state index contributed by atoms with van der Waals surface area (Å²) >= 11 is 11.7. The molecule has 2 aromatic carbocycles. The highest BCUT2D eigenvalue weighted by Gasteiger charge is 2.16. The highest BCUT2D eigenvalue weighted by atomic mass is 35.5. The molecular weight excluding hydrogens is 395 g/mol. The number of aromatic nitrogens is 2. The fourth-order valence-corrected chi connectivity index (χ4v) is 2.54. The van der Waals surface area contributed by atoms with Gasteiger partial charge in [-0.05, 0) is 30.3 Å². The molecular formula is C18H14Cl2N2O5. The lowest BCUT2D eigenvalue weighted by Gasteiger charge is -2.07. The molecule has 1 aromatic heterocycles. The molecule has 0 unspecified atom stereocenters. The zero-order valence-corrected chi connectivity index (χ0v) is 15.9. The van der Waals surface area contributed by atoms with Gasteiger partial charge < -0.3 is 18.7 Å². The van der Waals surface area contributed by atoms with Crippen LogP contribution in [-0.2, 0) is 11.3 Å². The molecule has 3 rings (SSSR count). The van der Waals surface area contributed by atoms with Gasteiger partial charge in [0.1, 0.15) is 11.5 Å². The maximum atomic E-state index is 12.1. The monoisotopic (exact) mass is 408 g/mol. The summed E-state index contributed by atoms with van der Waals surface area (Å²) in [5.74, 6) is 1.01. The zero-order valence-electron chi connectivity index (χ0n) is 14.4. The Labute approximate surface area is 164 Å². The molecule has 0 fully saturated rings. The van der Waals surface area contributed by atoms with Crippen molar-refractivity contribution in [1.82, 2.24) is 10.1 Å². The Balaban J connectivity index is 1.71. The first kappa shape index (κ1) is 19.0. The highest BCUT2D eigenvalue weighted by Crippen LogP contribution is 2.31. The minimum absolute atomic E-state index is 0.135. The first-order chi connectivity index (χ1) is 13.0. The number of rotatable bonds is 6. The average molecular weight is 409 g/mol. The topological polar surface area (TPSA) is 83.7 Å². The number of hydrogen-bond donors (Lipinski definition) is 0. The van der Waals surface area contributed by atoms with Crippen LogP contribution >= 0.6 is 23.2 Å². The highest BCUT2D eigenvalue weighted by molar-refractivity contribution is 6.42. The average Bonchev–Trinajstić information content (AvgIpc) is 3.16. The van der Waals surface area contributed by atoms with E-state index >= 15 is 0 Å². The first-order valence-corrected chi connectivity index (χ1v) is 8.44. The van der Waals surface area contributed by atoms with Gasteiger partial charge in [0.2, 0.25) is 5.82 Å². The number of halogens is 2. The third-order valence-corrected chi connectivity index (χ3v) is 4.34. The van der Waals surface area contributed by atoms with Crippen molar-refractivity contribution in [3.63, 3.8) is 0 Å². The fourth-order valence-electron chi connectivity index (χ4n) is 2.24. The first-order valence-electron chi connectivity index (χ1n) is 7.69. The summed E-state index contributed by atoms with van der Waals surface area (Å²) in [4.78, 5) is 16.3. The third kappa shape index (κ3) is 4.32. The summed E-state index contributed by atoms with van der Waals surface area (Å²) in [5.41, 5.74) is 0.880. The van der Waals surface area contributed by atoms with E-state index in [2.05, 4.69) is 10.1 Å². The Morgan fingerprint density at radius 2 is 1.89 bits per heavy atom. The number of hydrogen-bond acceptors (Lipinski definition) is 7. The van der Waals surface area contributed by atoms with Crippen LogP contribution in [0.2, 0.25) is 10.0 Å². The van der Waals surface area contributed by atoms with Crippen LogP contribution in [0.3, 0.4) is 0 Å². The van der Waals surface area contributed by atoms with Crippen LogP contribution in [0.25, 0.3) is 11.4 Å². The Bertz CT molecular complexity index is 974. The van der Waals surface area contributed by atoms with Crippen molar-refractivity contribution in [1.29, 1.82) is 0 Å². The number of nitrogens with zero attached hydrogens (tertiary/aromatic N) is 2. The van der Waals surface area contributed by atoms with Crippen LogP contribution < -0.4 is 9.47 Å². The van der Waals surface area contributed by atoms with E-state index in [1.807, 2.05) is 0 Å². The van der Waals surface area contributed by atoms with Gasteiger partial charge in [-0.1, -0.05) is 28.4 Å². The number of esters is 1. The summed E-state index contributed by atoms with van der Waals surface area (Å²) in [6.07, 6.45) is 0. The van der Waals surface area contributed by atoms with E-state index in [4.69, 9.17) is 41.9 Å². The molecule has 9 heteroatoms. The van der Waals surface area contributed by atoms with Gasteiger partial charge >= 0.3 is 5.97 Å². The largest absolute Gasteiger partial charge is 0.497 e. The van der Waals surface area contributed by atoms with E-state index in [1.54, 1.807) is 25.3 Å². The van der Waals surface area contributed by atoms with E-state index < -0.39 is 5.97 Å². The molecule has 3 aromatic rings. The van der Waals surface area contributed by atoms with E-state index in [0.29, 0.717) is 27.9 Å². The summed E-state index contributed by atoms with van der Waals surface area (Å²) in [6, 6.07) is 9.65. The van der Waals surface area contributed by atoms with Crippen LogP contribution in [-0.4, -0.2) is 30.3 Å². The van der Waals surface area contributed by atoms with Crippen LogP contribution in [0.5, 0.6) is 11.5 Å². The molecule has 0 amide bonds. The maximum Gasteiger partial charge on any atom is 0.338 e. The van der Waals surface area contributed by atoms with Crippen LogP contribution in [0.4, 0.5) is 0 Å². The molecule has 0 aliphatic heterocycles. The smallest absolute Gasteiger partial charge is 0.338 e. The minimum atomic E-state index is -0.588. The lowest BCUT2D eigenvalue weighted by molar-refractivity contribution is 0.0430. The molecule has 0 saturated heterocycles. The normalized spacial score (nSPS) is 10.5. The number of ether oxygens (including phenoxy) is 3. The predicted molar refractivity (Wildman–Crippen MR) is 98.4 cm³/mol. The number of carbonyl (C=O) groups is 1. The van der Waals surface area contributed by atoms with Gasteiger partial charge in [0.25, 0.3) is 5.89 Å². The lowest BCUT2D eigenvalue weighted by Crippen LogP contribution is -2.05. The molecule has 0 N–H and O–H groups in total. The maximum absolute atomic E-state index is 12.1. The molecule has 0 spiro atoms. The van der Waals surface area contributed by atoms with E-state index in [-0.39, 0.29) is 23.1 Å². The van der Waals surface area contributed by atoms with Crippen molar-refractivity contribution in [3.8, 4) is 22.9 Å². The second-order valence-electron chi connectivity index (χ2n) is 5.28. The Morgan fingerprint density at radius 1 is 1.07 bits per heavy atom. The number of methoxy groups -OCH3 is 2. The summed E-state index contributed by atoms with van der Waals surface area (Å²) < 4.78 is 20.8. The van der Waals surface area contributed by atoms with Gasteiger partial charge in [0.15, 0.2) is 6.61 Å². The number of benzene rings is 2. The van der Waals surface area contributed by atoms with Crippen LogP contribution in [0.1, 0.15) is 16.2 Å². The second-order valence-corrected chi connectivity index (χ2v) is 6.10. The summed E-state index contributed by atoms with van der Waals surface area (Å²) in [5, 5.41) is 4.50. The molecule has 27 heavy (non-hydrogen) atoms. The third-order valence-electron chi connectivity index (χ3n) is 3.60. The molecule has 0 bridgehead atoms. The molecule has 0 atom stereocenters. The standard InChI is InChI=1S/C18H14Cl2N2O5/c1-24-11-4-5-12(15(8-11)25-2)17-21-16(27-22-17)9-26-18(23)10-3-6-13(19)14(20)7-10/h3-8H,9H2,1-2H3. The predicted octanol–water partition coefficient (Wildman–Crippen LogP) is 4.42. The van der Waals surface area contributed by atoms with Crippen molar-refractivity contribution < 1.29 is 23.5 Å². The van der Waals surface area contributed by atoms with Gasteiger partial charge in [-0.25, -0.2) is 4.79 Å². The Morgan fingerprint density at radius 3 is 2.59 bits per heavy atom. The van der Waals surface area contributed by atoms with E-state index in [9.17, 15) is 4.79 Å². The molecule has 7 nitrogen and oxygen atoms in total.